The van der Waals surface area contributed by atoms with E-state index in [4.69, 9.17) is 11.6 Å². The standard InChI is InChI=1S/C11H17ClN4OS/c1-16(8-4-2-3-5-8)7-6-13-9(17)10-14-15-11(12)18-10/h8H,2-7H2,1H3,(H,13,17). The monoisotopic (exact) mass is 288 g/mol. The minimum Gasteiger partial charge on any atom is -0.349 e. The highest BCUT2D eigenvalue weighted by Crippen LogP contribution is 2.21. The summed E-state index contributed by atoms with van der Waals surface area (Å²) in [6.07, 6.45) is 5.20. The van der Waals surface area contributed by atoms with Crippen molar-refractivity contribution >= 4 is 28.8 Å². The van der Waals surface area contributed by atoms with Crippen LogP contribution in [0.2, 0.25) is 4.47 Å². The van der Waals surface area contributed by atoms with Crippen molar-refractivity contribution in [1.82, 2.24) is 20.4 Å². The number of likely N-dealkylation sites (N-methyl/N-ethyl adjacent to an activating group) is 1. The number of nitrogens with one attached hydrogen (secondary N) is 1. The molecular weight excluding hydrogens is 272 g/mol. The molecule has 1 amide bonds. The number of nitrogens with zero attached hydrogens (tertiary/aromatic N) is 3. The molecule has 2 rings (SSSR count). The molecule has 0 aromatic carbocycles. The predicted octanol–water partition coefficient (Wildman–Crippen LogP) is 1.80. The van der Waals surface area contributed by atoms with Gasteiger partial charge in [0.1, 0.15) is 0 Å². The number of hydrogen-bond acceptors (Lipinski definition) is 5. The van der Waals surface area contributed by atoms with Crippen LogP contribution >= 0.6 is 22.9 Å². The first-order valence-electron chi connectivity index (χ1n) is 6.14. The summed E-state index contributed by atoms with van der Waals surface area (Å²) in [5.41, 5.74) is 0. The summed E-state index contributed by atoms with van der Waals surface area (Å²) in [7, 11) is 2.12. The Labute approximate surface area is 116 Å². The predicted molar refractivity (Wildman–Crippen MR) is 72.1 cm³/mol. The lowest BCUT2D eigenvalue weighted by Crippen LogP contribution is -2.37. The highest BCUT2D eigenvalue weighted by Gasteiger charge is 2.19. The molecule has 1 N–H and O–H groups in total. The summed E-state index contributed by atoms with van der Waals surface area (Å²) in [4.78, 5) is 14.0. The Morgan fingerprint density at radius 3 is 2.83 bits per heavy atom. The molecule has 1 aliphatic carbocycles. The van der Waals surface area contributed by atoms with E-state index in [9.17, 15) is 4.79 Å². The Morgan fingerprint density at radius 2 is 2.22 bits per heavy atom. The van der Waals surface area contributed by atoms with Gasteiger partial charge in [-0.05, 0) is 31.5 Å². The fraction of sp³-hybridized carbons (Fsp3) is 0.727. The third-order valence-corrected chi connectivity index (χ3v) is 4.31. The summed E-state index contributed by atoms with van der Waals surface area (Å²) >= 11 is 6.73. The maximum Gasteiger partial charge on any atom is 0.282 e. The summed E-state index contributed by atoms with van der Waals surface area (Å²) < 4.78 is 0.295. The topological polar surface area (TPSA) is 58.1 Å². The Balaban J connectivity index is 1.70. The van der Waals surface area contributed by atoms with E-state index >= 15 is 0 Å². The molecule has 1 aromatic rings. The third kappa shape index (κ3) is 3.63. The number of halogens is 1. The minimum atomic E-state index is -0.195. The van der Waals surface area contributed by atoms with Crippen molar-refractivity contribution in [1.29, 1.82) is 0 Å². The van der Waals surface area contributed by atoms with Gasteiger partial charge in [0.2, 0.25) is 9.47 Å². The third-order valence-electron chi connectivity index (χ3n) is 3.29. The number of hydrogen-bond donors (Lipinski definition) is 1. The summed E-state index contributed by atoms with van der Waals surface area (Å²) in [6, 6.07) is 0.679. The first-order valence-corrected chi connectivity index (χ1v) is 7.33. The summed E-state index contributed by atoms with van der Waals surface area (Å²) in [6.45, 7) is 1.49. The molecule has 0 radical (unpaired) electrons. The van der Waals surface area contributed by atoms with Gasteiger partial charge in [0.15, 0.2) is 0 Å². The molecule has 100 valence electrons. The maximum atomic E-state index is 11.7. The molecule has 0 aliphatic heterocycles. The van der Waals surface area contributed by atoms with E-state index in [1.807, 2.05) is 0 Å². The Morgan fingerprint density at radius 1 is 1.50 bits per heavy atom. The van der Waals surface area contributed by atoms with Gasteiger partial charge in [0.05, 0.1) is 0 Å². The number of aromatic nitrogens is 2. The zero-order valence-corrected chi connectivity index (χ0v) is 11.9. The average molecular weight is 289 g/mol. The molecule has 1 aromatic heterocycles. The number of amides is 1. The molecule has 0 unspecified atom stereocenters. The fourth-order valence-electron chi connectivity index (χ4n) is 2.25. The van der Waals surface area contributed by atoms with Crippen LogP contribution in [0.5, 0.6) is 0 Å². The van der Waals surface area contributed by atoms with Crippen LogP contribution in [0.3, 0.4) is 0 Å². The van der Waals surface area contributed by atoms with Crippen molar-refractivity contribution in [3.8, 4) is 0 Å². The van der Waals surface area contributed by atoms with Crippen molar-refractivity contribution in [3.05, 3.63) is 9.47 Å². The molecule has 0 spiro atoms. The minimum absolute atomic E-state index is 0.195. The largest absolute Gasteiger partial charge is 0.349 e. The number of carbonyl (C=O) groups excluding carboxylic acids is 1. The quantitative estimate of drug-likeness (QED) is 0.897. The Kier molecular flexibility index (Phi) is 4.91. The van der Waals surface area contributed by atoms with Crippen LogP contribution in [0, 0.1) is 0 Å². The van der Waals surface area contributed by atoms with Crippen LogP contribution in [0.4, 0.5) is 0 Å². The molecule has 0 saturated heterocycles. The molecule has 1 aliphatic rings. The Hall–Kier alpha value is -0.720. The molecule has 0 bridgehead atoms. The van der Waals surface area contributed by atoms with Crippen molar-refractivity contribution in [2.24, 2.45) is 0 Å². The van der Waals surface area contributed by atoms with E-state index in [0.29, 0.717) is 22.1 Å². The fourth-order valence-corrected chi connectivity index (χ4v) is 2.99. The van der Waals surface area contributed by atoms with E-state index < -0.39 is 0 Å². The highest BCUT2D eigenvalue weighted by molar-refractivity contribution is 7.17. The van der Waals surface area contributed by atoms with E-state index in [-0.39, 0.29) is 5.91 Å². The lowest BCUT2D eigenvalue weighted by atomic mass is 10.2. The van der Waals surface area contributed by atoms with Gasteiger partial charge in [-0.2, -0.15) is 0 Å². The Bertz CT molecular complexity index is 406. The van der Waals surface area contributed by atoms with E-state index in [0.717, 1.165) is 17.9 Å². The molecular formula is C11H17ClN4OS. The van der Waals surface area contributed by atoms with Crippen LogP contribution < -0.4 is 5.32 Å². The second-order valence-electron chi connectivity index (χ2n) is 4.53. The van der Waals surface area contributed by atoms with Crippen molar-refractivity contribution < 1.29 is 4.79 Å². The highest BCUT2D eigenvalue weighted by atomic mass is 35.5. The average Bonchev–Trinajstić information content (AvgIpc) is 2.99. The van der Waals surface area contributed by atoms with Crippen LogP contribution in [-0.4, -0.2) is 47.2 Å². The van der Waals surface area contributed by atoms with Gasteiger partial charge in [-0.3, -0.25) is 4.79 Å². The molecule has 18 heavy (non-hydrogen) atoms. The zero-order chi connectivity index (χ0) is 13.0. The summed E-state index contributed by atoms with van der Waals surface area (Å²) in [5, 5.41) is 10.5. The molecule has 7 heteroatoms. The van der Waals surface area contributed by atoms with Gasteiger partial charge in [0.25, 0.3) is 5.91 Å². The molecule has 0 atom stereocenters. The van der Waals surface area contributed by atoms with Gasteiger partial charge < -0.3 is 10.2 Å². The molecule has 5 nitrogen and oxygen atoms in total. The lowest BCUT2D eigenvalue weighted by Gasteiger charge is -2.23. The second kappa shape index (κ2) is 6.45. The lowest BCUT2D eigenvalue weighted by molar-refractivity contribution is 0.0946. The second-order valence-corrected chi connectivity index (χ2v) is 6.09. The van der Waals surface area contributed by atoms with Gasteiger partial charge in [-0.15, -0.1) is 10.2 Å². The molecule has 1 fully saturated rings. The van der Waals surface area contributed by atoms with Crippen LogP contribution in [0.1, 0.15) is 35.5 Å². The maximum absolute atomic E-state index is 11.7. The van der Waals surface area contributed by atoms with E-state index in [1.54, 1.807) is 0 Å². The van der Waals surface area contributed by atoms with Crippen LogP contribution in [0.15, 0.2) is 0 Å². The van der Waals surface area contributed by atoms with E-state index in [2.05, 4.69) is 27.5 Å². The van der Waals surface area contributed by atoms with Crippen molar-refractivity contribution in [2.75, 3.05) is 20.1 Å². The van der Waals surface area contributed by atoms with Crippen molar-refractivity contribution in [2.45, 2.75) is 31.7 Å². The van der Waals surface area contributed by atoms with Crippen LogP contribution in [0.25, 0.3) is 0 Å². The zero-order valence-electron chi connectivity index (χ0n) is 10.4. The SMILES string of the molecule is CN(CCNC(=O)c1nnc(Cl)s1)C1CCCC1. The van der Waals surface area contributed by atoms with E-state index in [1.165, 1.54) is 25.7 Å². The number of carbonyl (C=O) groups is 1. The van der Waals surface area contributed by atoms with Crippen molar-refractivity contribution in [3.63, 3.8) is 0 Å². The van der Waals surface area contributed by atoms with Gasteiger partial charge in [-0.25, -0.2) is 0 Å². The molecule has 1 heterocycles. The van der Waals surface area contributed by atoms with Gasteiger partial charge in [-0.1, -0.05) is 24.2 Å². The normalized spacial score (nSPS) is 16.4. The van der Waals surface area contributed by atoms with Crippen LogP contribution in [-0.2, 0) is 0 Å². The van der Waals surface area contributed by atoms with Gasteiger partial charge >= 0.3 is 0 Å². The first kappa shape index (κ1) is 13.7. The first-order chi connectivity index (χ1) is 8.66. The van der Waals surface area contributed by atoms with Gasteiger partial charge in [0, 0.05) is 19.1 Å². The number of rotatable bonds is 5. The summed E-state index contributed by atoms with van der Waals surface area (Å²) in [5.74, 6) is -0.195. The smallest absolute Gasteiger partial charge is 0.282 e. The molecule has 1 saturated carbocycles.